The third-order valence-electron chi connectivity index (χ3n) is 2.83. The fourth-order valence-corrected chi connectivity index (χ4v) is 3.39. The number of rotatable bonds is 8. The molecule has 0 unspecified atom stereocenters. The number of benzene rings is 1. The number of hydrogen-bond donors (Lipinski definition) is 1. The first-order valence-corrected chi connectivity index (χ1v) is 8.34. The van der Waals surface area contributed by atoms with Gasteiger partial charge in [0.2, 0.25) is 10.0 Å². The van der Waals surface area contributed by atoms with Gasteiger partial charge < -0.3 is 5.32 Å². The molecule has 0 amide bonds. The first-order chi connectivity index (χ1) is 9.78. The van der Waals surface area contributed by atoms with Crippen LogP contribution < -0.4 is 5.32 Å². The minimum absolute atomic E-state index is 0.0235. The summed E-state index contributed by atoms with van der Waals surface area (Å²) >= 11 is 5.91. The minimum atomic E-state index is -4.02. The monoisotopic (exact) mass is 340 g/mol. The molecule has 8 heteroatoms. The predicted octanol–water partition coefficient (Wildman–Crippen LogP) is 2.73. The lowest BCUT2D eigenvalue weighted by Gasteiger charge is -2.18. The highest BCUT2D eigenvalue weighted by molar-refractivity contribution is 7.89. The first kappa shape index (κ1) is 18.3. The summed E-state index contributed by atoms with van der Waals surface area (Å²) in [7, 11) is -2.91. The van der Waals surface area contributed by atoms with E-state index < -0.39 is 23.0 Å². The summed E-state index contributed by atoms with van der Waals surface area (Å²) in [5.41, 5.74) is 0.733. The van der Waals surface area contributed by atoms with Crippen molar-refractivity contribution in [3.63, 3.8) is 0 Å². The Labute approximate surface area is 129 Å². The highest BCUT2D eigenvalue weighted by Crippen LogP contribution is 2.25. The molecule has 1 aromatic rings. The van der Waals surface area contributed by atoms with E-state index in [4.69, 9.17) is 11.6 Å². The molecular formula is C13H19ClF2N2O2S. The second kappa shape index (κ2) is 8.03. The van der Waals surface area contributed by atoms with Gasteiger partial charge in [0.15, 0.2) is 0 Å². The molecule has 0 aliphatic carbocycles. The van der Waals surface area contributed by atoms with Gasteiger partial charge in [-0.25, -0.2) is 17.2 Å². The maximum atomic E-state index is 12.4. The van der Waals surface area contributed by atoms with Crippen LogP contribution in [0.4, 0.5) is 8.78 Å². The fourth-order valence-electron chi connectivity index (χ4n) is 1.73. The van der Waals surface area contributed by atoms with Crippen molar-refractivity contribution in [3.05, 3.63) is 28.8 Å². The van der Waals surface area contributed by atoms with Crippen LogP contribution in [-0.2, 0) is 16.6 Å². The normalized spacial score (nSPS) is 12.3. The fraction of sp³-hybridized carbons (Fsp3) is 0.538. The molecule has 21 heavy (non-hydrogen) atoms. The summed E-state index contributed by atoms with van der Waals surface area (Å²) in [6.07, 6.45) is -1.78. The molecule has 4 nitrogen and oxygen atoms in total. The molecule has 0 aromatic heterocycles. The molecule has 1 N–H and O–H groups in total. The van der Waals surface area contributed by atoms with E-state index in [0.717, 1.165) is 25.6 Å². The van der Waals surface area contributed by atoms with Gasteiger partial charge in [0.05, 0.1) is 11.6 Å². The van der Waals surface area contributed by atoms with Gasteiger partial charge in [0.25, 0.3) is 6.43 Å². The summed E-state index contributed by atoms with van der Waals surface area (Å²) in [6, 6.07) is 4.59. The second-order valence-corrected chi connectivity index (χ2v) is 7.04. The number of sulfonamides is 1. The zero-order chi connectivity index (χ0) is 16.0. The Balaban J connectivity index is 3.02. The molecule has 120 valence electrons. The van der Waals surface area contributed by atoms with Crippen molar-refractivity contribution in [2.24, 2.45) is 0 Å². The number of nitrogens with zero attached hydrogens (tertiary/aromatic N) is 1. The van der Waals surface area contributed by atoms with E-state index in [9.17, 15) is 17.2 Å². The van der Waals surface area contributed by atoms with Gasteiger partial charge >= 0.3 is 0 Å². The van der Waals surface area contributed by atoms with Crippen molar-refractivity contribution in [2.45, 2.75) is 31.2 Å². The summed E-state index contributed by atoms with van der Waals surface area (Å²) in [5, 5.41) is 3.16. The average molecular weight is 341 g/mol. The molecular weight excluding hydrogens is 322 g/mol. The zero-order valence-corrected chi connectivity index (χ0v) is 13.5. The van der Waals surface area contributed by atoms with E-state index in [1.54, 1.807) is 6.07 Å². The van der Waals surface area contributed by atoms with Gasteiger partial charge in [-0.2, -0.15) is 4.31 Å². The first-order valence-electron chi connectivity index (χ1n) is 6.52. The number of halogens is 3. The van der Waals surface area contributed by atoms with Crippen molar-refractivity contribution < 1.29 is 17.2 Å². The van der Waals surface area contributed by atoms with E-state index in [1.165, 1.54) is 12.1 Å². The van der Waals surface area contributed by atoms with Crippen LogP contribution >= 0.6 is 11.6 Å². The van der Waals surface area contributed by atoms with Gasteiger partial charge in [-0.3, -0.25) is 0 Å². The molecule has 0 radical (unpaired) electrons. The largest absolute Gasteiger partial charge is 0.313 e. The van der Waals surface area contributed by atoms with Gasteiger partial charge in [-0.05, 0) is 30.7 Å². The minimum Gasteiger partial charge on any atom is -0.313 e. The van der Waals surface area contributed by atoms with Crippen LogP contribution in [0.25, 0.3) is 0 Å². The molecule has 0 saturated heterocycles. The van der Waals surface area contributed by atoms with Crippen molar-refractivity contribution in [1.29, 1.82) is 0 Å². The maximum absolute atomic E-state index is 12.4. The van der Waals surface area contributed by atoms with Crippen molar-refractivity contribution >= 4 is 21.6 Å². The van der Waals surface area contributed by atoms with Crippen molar-refractivity contribution in [3.8, 4) is 0 Å². The standard InChI is InChI=1S/C13H19ClF2N2O2S/c1-3-6-17-8-10-4-5-11(14)12(7-10)21(19,20)18(2)9-13(15)16/h4-5,7,13,17H,3,6,8-9H2,1-2H3. The lowest BCUT2D eigenvalue weighted by Crippen LogP contribution is -2.31. The zero-order valence-electron chi connectivity index (χ0n) is 11.9. The SMILES string of the molecule is CCCNCc1ccc(Cl)c(S(=O)(=O)N(C)CC(F)F)c1. The Morgan fingerprint density at radius 3 is 2.62 bits per heavy atom. The van der Waals surface area contributed by atoms with E-state index in [0.29, 0.717) is 10.8 Å². The van der Waals surface area contributed by atoms with E-state index >= 15 is 0 Å². The van der Waals surface area contributed by atoms with Crippen LogP contribution in [0.15, 0.2) is 23.1 Å². The lowest BCUT2D eigenvalue weighted by atomic mass is 10.2. The van der Waals surface area contributed by atoms with Gasteiger partial charge in [-0.15, -0.1) is 0 Å². The molecule has 0 heterocycles. The average Bonchev–Trinajstić information content (AvgIpc) is 2.40. The third kappa shape index (κ3) is 5.18. The Hall–Kier alpha value is -0.760. The summed E-state index contributed by atoms with van der Waals surface area (Å²) < 4.78 is 49.9. The van der Waals surface area contributed by atoms with Crippen LogP contribution in [0, 0.1) is 0 Å². The molecule has 0 atom stereocenters. The highest BCUT2D eigenvalue weighted by atomic mass is 35.5. The van der Waals surface area contributed by atoms with E-state index in [1.807, 2.05) is 6.92 Å². The van der Waals surface area contributed by atoms with Gasteiger partial charge in [0.1, 0.15) is 4.90 Å². The van der Waals surface area contributed by atoms with Crippen molar-refractivity contribution in [1.82, 2.24) is 9.62 Å². The topological polar surface area (TPSA) is 49.4 Å². The molecule has 1 rings (SSSR count). The molecule has 0 spiro atoms. The van der Waals surface area contributed by atoms with Crippen LogP contribution in [0.5, 0.6) is 0 Å². The predicted molar refractivity (Wildman–Crippen MR) is 79.3 cm³/mol. The Morgan fingerprint density at radius 1 is 1.38 bits per heavy atom. The molecule has 0 aliphatic heterocycles. The van der Waals surface area contributed by atoms with Crippen LogP contribution in [0.2, 0.25) is 5.02 Å². The molecule has 0 saturated carbocycles. The van der Waals surface area contributed by atoms with Crippen LogP contribution in [0.1, 0.15) is 18.9 Å². The molecule has 1 aromatic carbocycles. The Morgan fingerprint density at radius 2 is 2.05 bits per heavy atom. The van der Waals surface area contributed by atoms with Gasteiger partial charge in [0, 0.05) is 13.6 Å². The van der Waals surface area contributed by atoms with Crippen LogP contribution in [0.3, 0.4) is 0 Å². The number of hydrogen-bond acceptors (Lipinski definition) is 3. The molecule has 0 fully saturated rings. The summed E-state index contributed by atoms with van der Waals surface area (Å²) in [5.74, 6) is 0. The molecule has 0 bridgehead atoms. The molecule has 0 aliphatic rings. The number of nitrogens with one attached hydrogen (secondary N) is 1. The smallest absolute Gasteiger partial charge is 0.252 e. The highest BCUT2D eigenvalue weighted by Gasteiger charge is 2.26. The van der Waals surface area contributed by atoms with Crippen LogP contribution in [-0.4, -0.2) is 39.3 Å². The lowest BCUT2D eigenvalue weighted by molar-refractivity contribution is 0.126. The Bertz CT molecular complexity index is 567. The van der Waals surface area contributed by atoms with Crippen molar-refractivity contribution in [2.75, 3.05) is 20.1 Å². The van der Waals surface area contributed by atoms with E-state index in [-0.39, 0.29) is 9.92 Å². The third-order valence-corrected chi connectivity index (χ3v) is 5.14. The van der Waals surface area contributed by atoms with Gasteiger partial charge in [-0.1, -0.05) is 24.6 Å². The summed E-state index contributed by atoms with van der Waals surface area (Å²) in [6.45, 7) is 2.45. The Kier molecular flexibility index (Phi) is 6.99. The maximum Gasteiger partial charge on any atom is 0.252 e. The van der Waals surface area contributed by atoms with E-state index in [2.05, 4.69) is 5.32 Å². The number of alkyl halides is 2. The quantitative estimate of drug-likeness (QED) is 0.740. The second-order valence-electron chi connectivity index (χ2n) is 4.62. The summed E-state index contributed by atoms with van der Waals surface area (Å²) in [4.78, 5) is -0.150.